The van der Waals surface area contributed by atoms with E-state index in [0.717, 1.165) is 25.3 Å². The molecule has 9 heteroatoms. The number of piperidine rings is 1. The third-order valence-electron chi connectivity index (χ3n) is 6.37. The molecule has 0 amide bonds. The maximum Gasteiger partial charge on any atom is 0.320 e. The number of aryl methyl sites for hydroxylation is 1. The number of fused-ring (bicyclic) bond motifs is 2. The lowest BCUT2D eigenvalue weighted by Crippen LogP contribution is -2.43. The summed E-state index contributed by atoms with van der Waals surface area (Å²) in [5.74, 6) is 3.83. The van der Waals surface area contributed by atoms with Gasteiger partial charge in [0, 0.05) is 31.5 Å². The maximum absolute atomic E-state index is 6.10. The number of rotatable bonds is 6. The Balaban J connectivity index is 1.32. The molecule has 8 nitrogen and oxygen atoms in total. The van der Waals surface area contributed by atoms with Crippen LogP contribution in [0.15, 0.2) is 28.7 Å². The number of hydrogen-bond donors (Lipinski definition) is 0. The lowest BCUT2D eigenvalue weighted by atomic mass is 9.82. The molecule has 3 heterocycles. The first-order valence-corrected chi connectivity index (χ1v) is 11.3. The zero-order chi connectivity index (χ0) is 21.5. The summed E-state index contributed by atoms with van der Waals surface area (Å²) in [4.78, 5) is 7.00. The van der Waals surface area contributed by atoms with Gasteiger partial charge in [-0.15, -0.1) is 5.10 Å². The van der Waals surface area contributed by atoms with E-state index in [0.29, 0.717) is 46.4 Å². The third kappa shape index (κ3) is 4.13. The van der Waals surface area contributed by atoms with E-state index in [4.69, 9.17) is 30.8 Å². The number of halogens is 1. The number of nitrogens with zero attached hydrogens (tertiary/aromatic N) is 6. The molecule has 0 N–H and O–H groups in total. The van der Waals surface area contributed by atoms with Gasteiger partial charge < -0.3 is 14.1 Å². The first-order valence-electron chi connectivity index (χ1n) is 10.9. The van der Waals surface area contributed by atoms with Crippen LogP contribution in [0.25, 0.3) is 0 Å². The molecule has 1 saturated heterocycles. The number of hydrogen-bond acceptors (Lipinski definition) is 7. The summed E-state index contributed by atoms with van der Waals surface area (Å²) in [6.07, 6.45) is 3.29. The molecule has 164 valence electrons. The normalized spacial score (nSPS) is 23.0. The SMILES string of the molecule is Cc1nnc(N2C[C@H]3CC[C@@H](C2)C3Cc2nc(Oc3cccc(Cl)c3)n(C(C)C)n2)o1. The molecule has 1 aromatic carbocycles. The minimum absolute atomic E-state index is 0.148. The van der Waals surface area contributed by atoms with Gasteiger partial charge in [-0.3, -0.25) is 0 Å². The molecule has 31 heavy (non-hydrogen) atoms. The van der Waals surface area contributed by atoms with Crippen LogP contribution in [0, 0.1) is 24.7 Å². The largest absolute Gasteiger partial charge is 0.424 e. The summed E-state index contributed by atoms with van der Waals surface area (Å²) in [7, 11) is 0. The molecule has 1 unspecified atom stereocenters. The molecule has 0 radical (unpaired) electrons. The van der Waals surface area contributed by atoms with Gasteiger partial charge >= 0.3 is 12.0 Å². The van der Waals surface area contributed by atoms with E-state index in [-0.39, 0.29) is 6.04 Å². The van der Waals surface area contributed by atoms with Crippen molar-refractivity contribution in [2.45, 2.75) is 46.1 Å². The van der Waals surface area contributed by atoms with Gasteiger partial charge in [0.2, 0.25) is 5.89 Å². The molecule has 2 aliphatic rings. The predicted octanol–water partition coefficient (Wildman–Crippen LogP) is 4.70. The highest BCUT2D eigenvalue weighted by atomic mass is 35.5. The van der Waals surface area contributed by atoms with Gasteiger partial charge in [-0.1, -0.05) is 22.8 Å². The zero-order valence-electron chi connectivity index (χ0n) is 18.0. The molecule has 5 rings (SSSR count). The van der Waals surface area contributed by atoms with Gasteiger partial charge in [0.25, 0.3) is 0 Å². The molecular weight excluding hydrogens is 416 g/mol. The van der Waals surface area contributed by atoms with Crippen LogP contribution in [0.3, 0.4) is 0 Å². The predicted molar refractivity (Wildman–Crippen MR) is 117 cm³/mol. The molecule has 2 fully saturated rings. The van der Waals surface area contributed by atoms with Crippen LogP contribution >= 0.6 is 11.6 Å². The van der Waals surface area contributed by atoms with Crippen molar-refractivity contribution >= 4 is 17.6 Å². The lowest BCUT2D eigenvalue weighted by molar-refractivity contribution is 0.257. The van der Waals surface area contributed by atoms with Gasteiger partial charge in [-0.2, -0.15) is 10.1 Å². The highest BCUT2D eigenvalue weighted by Crippen LogP contribution is 2.44. The van der Waals surface area contributed by atoms with Crippen LogP contribution in [-0.2, 0) is 6.42 Å². The molecule has 2 aromatic heterocycles. The number of aromatic nitrogens is 5. The molecular formula is C22H27ClN6O2. The number of benzene rings is 1. The number of ether oxygens (including phenoxy) is 1. The van der Waals surface area contributed by atoms with Crippen LogP contribution in [0.5, 0.6) is 11.8 Å². The molecule has 3 atom stereocenters. The molecule has 2 bridgehead atoms. The second-order valence-electron chi connectivity index (χ2n) is 8.88. The molecule has 1 aliphatic heterocycles. The Morgan fingerprint density at radius 3 is 2.61 bits per heavy atom. The van der Waals surface area contributed by atoms with Crippen molar-refractivity contribution in [3.63, 3.8) is 0 Å². The molecule has 0 spiro atoms. The average molecular weight is 443 g/mol. The van der Waals surface area contributed by atoms with E-state index in [2.05, 4.69) is 28.9 Å². The standard InChI is InChI=1S/C22H27ClN6O2/c1-13(2)29-21(31-18-6-4-5-17(23)9-18)24-20(27-29)10-19-15-7-8-16(19)12-28(11-15)22-26-25-14(3)30-22/h4-6,9,13,15-16,19H,7-8,10-12H2,1-3H3/t15-,16+,19?. The van der Waals surface area contributed by atoms with E-state index in [1.54, 1.807) is 6.07 Å². The van der Waals surface area contributed by atoms with Gasteiger partial charge in [0.15, 0.2) is 5.82 Å². The average Bonchev–Trinajstić information content (AvgIpc) is 3.39. The minimum atomic E-state index is 0.148. The van der Waals surface area contributed by atoms with Crippen molar-refractivity contribution < 1.29 is 9.15 Å². The van der Waals surface area contributed by atoms with Crippen LogP contribution < -0.4 is 9.64 Å². The van der Waals surface area contributed by atoms with Crippen molar-refractivity contribution in [3.8, 4) is 11.8 Å². The zero-order valence-corrected chi connectivity index (χ0v) is 18.8. The summed E-state index contributed by atoms with van der Waals surface area (Å²) in [6, 6.07) is 8.66. The molecule has 3 aromatic rings. The topological polar surface area (TPSA) is 82.1 Å². The highest BCUT2D eigenvalue weighted by Gasteiger charge is 2.43. The Labute approximate surface area is 186 Å². The second-order valence-corrected chi connectivity index (χ2v) is 9.32. The fourth-order valence-corrected chi connectivity index (χ4v) is 5.11. The second kappa shape index (κ2) is 8.15. The van der Waals surface area contributed by atoms with Crippen LogP contribution in [0.2, 0.25) is 5.02 Å². The lowest BCUT2D eigenvalue weighted by Gasteiger charge is -2.36. The Morgan fingerprint density at radius 2 is 1.97 bits per heavy atom. The Morgan fingerprint density at radius 1 is 1.19 bits per heavy atom. The molecule has 1 saturated carbocycles. The van der Waals surface area contributed by atoms with Crippen molar-refractivity contribution in [1.82, 2.24) is 25.0 Å². The fraction of sp³-hybridized carbons (Fsp3) is 0.545. The van der Waals surface area contributed by atoms with Crippen molar-refractivity contribution in [3.05, 3.63) is 41.0 Å². The molecule has 1 aliphatic carbocycles. The first-order chi connectivity index (χ1) is 15.0. The highest BCUT2D eigenvalue weighted by molar-refractivity contribution is 6.30. The Bertz CT molecular complexity index is 1050. The van der Waals surface area contributed by atoms with E-state index in [1.165, 1.54) is 12.8 Å². The Kier molecular flexibility index (Phi) is 5.33. The third-order valence-corrected chi connectivity index (χ3v) is 6.61. The summed E-state index contributed by atoms with van der Waals surface area (Å²) < 4.78 is 13.6. The van der Waals surface area contributed by atoms with E-state index >= 15 is 0 Å². The van der Waals surface area contributed by atoms with Crippen molar-refractivity contribution in [2.75, 3.05) is 18.0 Å². The summed E-state index contributed by atoms with van der Waals surface area (Å²) in [5, 5.41) is 13.6. The van der Waals surface area contributed by atoms with Crippen molar-refractivity contribution in [2.24, 2.45) is 17.8 Å². The summed E-state index contributed by atoms with van der Waals surface area (Å²) in [5.41, 5.74) is 0. The van der Waals surface area contributed by atoms with Crippen molar-refractivity contribution in [1.29, 1.82) is 0 Å². The van der Waals surface area contributed by atoms with E-state index in [1.807, 2.05) is 29.8 Å². The quantitative estimate of drug-likeness (QED) is 0.547. The van der Waals surface area contributed by atoms with Gasteiger partial charge in [-0.05, 0) is 62.6 Å². The Hall–Kier alpha value is -2.61. The smallest absolute Gasteiger partial charge is 0.320 e. The van der Waals surface area contributed by atoms with Crippen LogP contribution in [0.1, 0.15) is 44.4 Å². The first kappa shape index (κ1) is 20.3. The minimum Gasteiger partial charge on any atom is -0.424 e. The number of anilines is 1. The van der Waals surface area contributed by atoms with Crippen LogP contribution in [0.4, 0.5) is 6.01 Å². The van der Waals surface area contributed by atoms with Gasteiger partial charge in [0.05, 0.1) is 6.04 Å². The van der Waals surface area contributed by atoms with E-state index in [9.17, 15) is 0 Å². The monoisotopic (exact) mass is 442 g/mol. The summed E-state index contributed by atoms with van der Waals surface area (Å²) >= 11 is 6.10. The van der Waals surface area contributed by atoms with Gasteiger partial charge in [0.1, 0.15) is 5.75 Å². The van der Waals surface area contributed by atoms with Gasteiger partial charge in [-0.25, -0.2) is 4.68 Å². The van der Waals surface area contributed by atoms with Crippen LogP contribution in [-0.4, -0.2) is 38.1 Å². The fourth-order valence-electron chi connectivity index (χ4n) is 4.93. The maximum atomic E-state index is 6.10. The summed E-state index contributed by atoms with van der Waals surface area (Å²) in [6.45, 7) is 7.88. The van der Waals surface area contributed by atoms with E-state index < -0.39 is 0 Å².